The lowest BCUT2D eigenvalue weighted by Crippen LogP contribution is -2.35. The molecule has 0 aliphatic heterocycles. The summed E-state index contributed by atoms with van der Waals surface area (Å²) in [6, 6.07) is 7.79. The van der Waals surface area contributed by atoms with Gasteiger partial charge in [0, 0.05) is 25.8 Å². The van der Waals surface area contributed by atoms with Crippen molar-refractivity contribution in [1.29, 1.82) is 0 Å². The van der Waals surface area contributed by atoms with E-state index in [1.54, 1.807) is 13.3 Å². The number of rotatable bonds is 10. The van der Waals surface area contributed by atoms with Crippen LogP contribution in [0.3, 0.4) is 0 Å². The standard InChI is InChI=1S/C20H29N5O2/c1-5-25(6-2)11-10-21-19(26)18-14-23-20(24-15(18)3)22-13-16-8-7-9-17(12-16)27-4/h7-9,12,14H,5-6,10-11,13H2,1-4H3,(H,21,26)(H,22,23,24). The van der Waals surface area contributed by atoms with Crippen molar-refractivity contribution in [3.8, 4) is 5.75 Å². The van der Waals surface area contributed by atoms with Crippen LogP contribution < -0.4 is 15.4 Å². The highest BCUT2D eigenvalue weighted by molar-refractivity contribution is 5.94. The van der Waals surface area contributed by atoms with E-state index >= 15 is 0 Å². The maximum absolute atomic E-state index is 12.3. The average Bonchev–Trinajstić information content (AvgIpc) is 2.69. The number of aryl methyl sites for hydroxylation is 1. The number of benzene rings is 1. The van der Waals surface area contributed by atoms with Crippen molar-refractivity contribution in [1.82, 2.24) is 20.2 Å². The summed E-state index contributed by atoms with van der Waals surface area (Å²) >= 11 is 0. The molecule has 1 heterocycles. The number of amides is 1. The number of nitrogens with zero attached hydrogens (tertiary/aromatic N) is 3. The lowest BCUT2D eigenvalue weighted by Gasteiger charge is -2.18. The van der Waals surface area contributed by atoms with Gasteiger partial charge in [-0.05, 0) is 37.7 Å². The fourth-order valence-electron chi connectivity index (χ4n) is 2.70. The highest BCUT2D eigenvalue weighted by Gasteiger charge is 2.12. The van der Waals surface area contributed by atoms with E-state index in [-0.39, 0.29) is 5.91 Å². The number of methoxy groups -OCH3 is 1. The predicted molar refractivity (Wildman–Crippen MR) is 107 cm³/mol. The number of aromatic nitrogens is 2. The Hall–Kier alpha value is -2.67. The number of carbonyl (C=O) groups is 1. The zero-order valence-corrected chi connectivity index (χ0v) is 16.6. The minimum absolute atomic E-state index is 0.140. The first kappa shape index (κ1) is 20.6. The van der Waals surface area contributed by atoms with E-state index in [1.165, 1.54) is 0 Å². The van der Waals surface area contributed by atoms with Crippen LogP contribution in [0, 0.1) is 6.92 Å². The van der Waals surface area contributed by atoms with Crippen LogP contribution in [0.2, 0.25) is 0 Å². The van der Waals surface area contributed by atoms with Gasteiger partial charge in [0.25, 0.3) is 5.91 Å². The van der Waals surface area contributed by atoms with E-state index in [2.05, 4.69) is 39.3 Å². The van der Waals surface area contributed by atoms with Gasteiger partial charge in [-0.25, -0.2) is 9.97 Å². The molecular weight excluding hydrogens is 342 g/mol. The van der Waals surface area contributed by atoms with Crippen LogP contribution in [0.25, 0.3) is 0 Å². The lowest BCUT2D eigenvalue weighted by molar-refractivity contribution is 0.0947. The Morgan fingerprint density at radius 1 is 1.26 bits per heavy atom. The van der Waals surface area contributed by atoms with E-state index in [0.29, 0.717) is 30.3 Å². The van der Waals surface area contributed by atoms with Gasteiger partial charge in [-0.3, -0.25) is 4.79 Å². The van der Waals surface area contributed by atoms with Gasteiger partial charge >= 0.3 is 0 Å². The predicted octanol–water partition coefficient (Wildman–Crippen LogP) is 2.48. The molecule has 0 atom stereocenters. The molecule has 0 aliphatic carbocycles. The van der Waals surface area contributed by atoms with Crippen LogP contribution in [-0.2, 0) is 6.54 Å². The third kappa shape index (κ3) is 6.21. The van der Waals surface area contributed by atoms with Gasteiger partial charge in [-0.15, -0.1) is 0 Å². The molecule has 0 unspecified atom stereocenters. The first-order valence-electron chi connectivity index (χ1n) is 9.28. The van der Waals surface area contributed by atoms with Gasteiger partial charge in [0.2, 0.25) is 5.95 Å². The number of hydrogen-bond acceptors (Lipinski definition) is 6. The molecule has 0 bridgehead atoms. The molecule has 1 amide bonds. The Morgan fingerprint density at radius 3 is 2.70 bits per heavy atom. The van der Waals surface area contributed by atoms with E-state index in [9.17, 15) is 4.79 Å². The van der Waals surface area contributed by atoms with E-state index < -0.39 is 0 Å². The number of nitrogens with one attached hydrogen (secondary N) is 2. The Balaban J connectivity index is 1.91. The molecule has 7 heteroatoms. The molecule has 1 aromatic carbocycles. The van der Waals surface area contributed by atoms with Gasteiger partial charge in [0.1, 0.15) is 5.75 Å². The first-order valence-corrected chi connectivity index (χ1v) is 9.28. The van der Waals surface area contributed by atoms with Crippen LogP contribution in [0.5, 0.6) is 5.75 Å². The van der Waals surface area contributed by atoms with Gasteiger partial charge in [0.15, 0.2) is 0 Å². The maximum Gasteiger partial charge on any atom is 0.254 e. The molecule has 0 saturated heterocycles. The molecule has 0 spiro atoms. The molecular formula is C20H29N5O2. The largest absolute Gasteiger partial charge is 0.497 e. The van der Waals surface area contributed by atoms with Crippen molar-refractivity contribution < 1.29 is 9.53 Å². The molecule has 0 fully saturated rings. The number of anilines is 1. The fraction of sp³-hybridized carbons (Fsp3) is 0.450. The third-order valence-corrected chi connectivity index (χ3v) is 4.42. The quantitative estimate of drug-likeness (QED) is 0.668. The highest BCUT2D eigenvalue weighted by atomic mass is 16.5. The highest BCUT2D eigenvalue weighted by Crippen LogP contribution is 2.14. The zero-order chi connectivity index (χ0) is 19.6. The molecule has 7 nitrogen and oxygen atoms in total. The summed E-state index contributed by atoms with van der Waals surface area (Å²) in [6.45, 7) is 10.0. The van der Waals surface area contributed by atoms with Crippen molar-refractivity contribution in [3.63, 3.8) is 0 Å². The summed E-state index contributed by atoms with van der Waals surface area (Å²) in [6.07, 6.45) is 1.57. The number of hydrogen-bond donors (Lipinski definition) is 2. The summed E-state index contributed by atoms with van der Waals surface area (Å²) in [4.78, 5) is 23.3. The first-order chi connectivity index (χ1) is 13.1. The van der Waals surface area contributed by atoms with Crippen molar-refractivity contribution >= 4 is 11.9 Å². The zero-order valence-electron chi connectivity index (χ0n) is 16.6. The van der Waals surface area contributed by atoms with Crippen LogP contribution in [0.15, 0.2) is 30.5 Å². The summed E-state index contributed by atoms with van der Waals surface area (Å²) < 4.78 is 5.22. The minimum Gasteiger partial charge on any atom is -0.497 e. The third-order valence-electron chi connectivity index (χ3n) is 4.42. The average molecular weight is 371 g/mol. The van der Waals surface area contributed by atoms with Crippen LogP contribution in [0.4, 0.5) is 5.95 Å². The van der Waals surface area contributed by atoms with Crippen LogP contribution >= 0.6 is 0 Å². The van der Waals surface area contributed by atoms with Gasteiger partial charge in [0.05, 0.1) is 18.4 Å². The van der Waals surface area contributed by atoms with Gasteiger partial charge in [-0.1, -0.05) is 26.0 Å². The summed E-state index contributed by atoms with van der Waals surface area (Å²) in [5.41, 5.74) is 2.22. The molecule has 0 saturated carbocycles. The van der Waals surface area contributed by atoms with E-state index in [0.717, 1.165) is 30.9 Å². The number of carbonyl (C=O) groups excluding carboxylic acids is 1. The SMILES string of the molecule is CCN(CC)CCNC(=O)c1cnc(NCc2cccc(OC)c2)nc1C. The van der Waals surface area contributed by atoms with Crippen molar-refractivity contribution in [2.24, 2.45) is 0 Å². The van der Waals surface area contributed by atoms with Crippen molar-refractivity contribution in [2.75, 3.05) is 38.6 Å². The minimum atomic E-state index is -0.140. The lowest BCUT2D eigenvalue weighted by atomic mass is 10.2. The van der Waals surface area contributed by atoms with Crippen molar-refractivity contribution in [2.45, 2.75) is 27.3 Å². The second-order valence-corrected chi connectivity index (χ2v) is 6.18. The Morgan fingerprint density at radius 2 is 2.04 bits per heavy atom. The molecule has 0 radical (unpaired) electrons. The molecule has 27 heavy (non-hydrogen) atoms. The summed E-state index contributed by atoms with van der Waals surface area (Å²) in [7, 11) is 1.64. The summed E-state index contributed by atoms with van der Waals surface area (Å²) in [5.74, 6) is 1.16. The summed E-state index contributed by atoms with van der Waals surface area (Å²) in [5, 5.41) is 6.11. The Labute approximate surface area is 161 Å². The molecule has 2 aromatic rings. The molecule has 1 aromatic heterocycles. The molecule has 0 aliphatic rings. The van der Waals surface area contributed by atoms with Gasteiger partial charge < -0.3 is 20.3 Å². The molecule has 146 valence electrons. The molecule has 2 N–H and O–H groups in total. The monoisotopic (exact) mass is 371 g/mol. The second kappa shape index (κ2) is 10.5. The molecule has 2 rings (SSSR count). The second-order valence-electron chi connectivity index (χ2n) is 6.18. The number of ether oxygens (including phenoxy) is 1. The fourth-order valence-corrected chi connectivity index (χ4v) is 2.70. The Kier molecular flexibility index (Phi) is 8.00. The van der Waals surface area contributed by atoms with Crippen molar-refractivity contribution in [3.05, 3.63) is 47.3 Å². The topological polar surface area (TPSA) is 79.4 Å². The maximum atomic E-state index is 12.3. The number of likely N-dealkylation sites (N-methyl/N-ethyl adjacent to an activating group) is 1. The van der Waals surface area contributed by atoms with E-state index in [4.69, 9.17) is 4.74 Å². The van der Waals surface area contributed by atoms with E-state index in [1.807, 2.05) is 31.2 Å². The van der Waals surface area contributed by atoms with Crippen LogP contribution in [-0.4, -0.2) is 54.1 Å². The Bertz CT molecular complexity index is 747. The van der Waals surface area contributed by atoms with Gasteiger partial charge in [-0.2, -0.15) is 0 Å². The van der Waals surface area contributed by atoms with Crippen LogP contribution in [0.1, 0.15) is 35.5 Å². The smallest absolute Gasteiger partial charge is 0.254 e. The normalized spacial score (nSPS) is 10.7.